The first-order chi connectivity index (χ1) is 11.2. The molecule has 6 atom stereocenters. The van der Waals surface area contributed by atoms with E-state index in [1.54, 1.807) is 0 Å². The molecule has 3 heterocycles. The molecule has 0 aliphatic carbocycles. The number of fused-ring (bicyclic) bond motifs is 5. The number of morpholine rings is 1. The Morgan fingerprint density at radius 3 is 2.61 bits per heavy atom. The second-order valence-corrected chi connectivity index (χ2v) is 7.09. The van der Waals surface area contributed by atoms with Crippen LogP contribution in [0.5, 0.6) is 0 Å². The largest absolute Gasteiger partial charge is 1.00 e. The first kappa shape index (κ1) is 15.6. The van der Waals surface area contributed by atoms with Crippen molar-refractivity contribution in [2.45, 2.75) is 49.2 Å². The molecule has 124 valence electrons. The van der Waals surface area contributed by atoms with E-state index in [1.807, 2.05) is 30.3 Å². The van der Waals surface area contributed by atoms with Gasteiger partial charge in [-0.1, -0.05) is 30.3 Å². The number of ether oxygens (including phenoxy) is 2. The summed E-state index contributed by atoms with van der Waals surface area (Å²) in [5.41, 5.74) is 0.916. The fourth-order valence-corrected chi connectivity index (χ4v) is 4.36. The van der Waals surface area contributed by atoms with Crippen molar-refractivity contribution in [2.24, 2.45) is 0 Å². The number of esters is 1. The Bertz CT molecular complexity index is 571. The van der Waals surface area contributed by atoms with Crippen molar-refractivity contribution >= 4 is 22.2 Å². The van der Waals surface area contributed by atoms with Gasteiger partial charge in [0.1, 0.15) is 24.2 Å². The number of nitrogens with zero attached hydrogens (tertiary/aromatic N) is 1. The van der Waals surface area contributed by atoms with Gasteiger partial charge in [-0.25, -0.2) is 0 Å². The highest BCUT2D eigenvalue weighted by Crippen LogP contribution is 2.48. The number of rotatable bonds is 5. The zero-order valence-corrected chi connectivity index (χ0v) is 14.5. The van der Waals surface area contributed by atoms with Gasteiger partial charge < -0.3 is 13.3 Å². The van der Waals surface area contributed by atoms with Gasteiger partial charge in [0.05, 0.1) is 22.9 Å². The third-order valence-electron chi connectivity index (χ3n) is 5.37. The Labute approximate surface area is 145 Å². The van der Waals surface area contributed by atoms with Crippen LogP contribution in [-0.2, 0) is 18.1 Å². The van der Waals surface area contributed by atoms with Crippen molar-refractivity contribution in [3.63, 3.8) is 0 Å². The molecule has 0 N–H and O–H groups in total. The fourth-order valence-electron chi connectivity index (χ4n) is 4.09. The summed E-state index contributed by atoms with van der Waals surface area (Å²) in [4.78, 5) is 15.0. The van der Waals surface area contributed by atoms with Gasteiger partial charge in [-0.3, -0.25) is 9.69 Å². The maximum absolute atomic E-state index is 12.6. The molecule has 2 bridgehead atoms. The summed E-state index contributed by atoms with van der Waals surface area (Å²) in [5, 5.41) is 0. The topological polar surface area (TPSA) is 51.3 Å². The monoisotopic (exact) mass is 382 g/mol. The second-order valence-electron chi connectivity index (χ2n) is 6.63. The van der Waals surface area contributed by atoms with Gasteiger partial charge in [0.25, 0.3) is 0 Å². The highest BCUT2D eigenvalue weighted by atomic mass is 79.9. The SMILES string of the molecule is CN1[C@@H]2CC(OC(=O)[C@H](COBr)c3ccccc3)C[C@H]1[C@@H]1O[C@@H]12.[H+]. The molecule has 0 radical (unpaired) electrons. The number of epoxide rings is 1. The summed E-state index contributed by atoms with van der Waals surface area (Å²) in [6.07, 6.45) is 2.40. The minimum absolute atomic E-state index is 0. The summed E-state index contributed by atoms with van der Waals surface area (Å²) >= 11 is 2.96. The van der Waals surface area contributed by atoms with E-state index in [9.17, 15) is 4.79 Å². The van der Waals surface area contributed by atoms with Crippen molar-refractivity contribution in [1.82, 2.24) is 4.90 Å². The van der Waals surface area contributed by atoms with Gasteiger partial charge in [-0.05, 0) is 12.6 Å². The van der Waals surface area contributed by atoms with Gasteiger partial charge in [-0.2, -0.15) is 0 Å². The minimum Gasteiger partial charge on any atom is -0.462 e. The smallest absolute Gasteiger partial charge is 0.462 e. The van der Waals surface area contributed by atoms with Crippen LogP contribution in [0, 0.1) is 0 Å². The van der Waals surface area contributed by atoms with Crippen LogP contribution in [0.25, 0.3) is 0 Å². The van der Waals surface area contributed by atoms with Gasteiger partial charge in [0.2, 0.25) is 0 Å². The molecular formula is C17H21BrNO4+. The number of benzene rings is 1. The molecule has 23 heavy (non-hydrogen) atoms. The maximum atomic E-state index is 12.6. The lowest BCUT2D eigenvalue weighted by Crippen LogP contribution is -2.48. The average molecular weight is 383 g/mol. The molecule has 0 spiro atoms. The van der Waals surface area contributed by atoms with Crippen molar-refractivity contribution in [2.75, 3.05) is 13.7 Å². The molecule has 4 rings (SSSR count). The summed E-state index contributed by atoms with van der Waals surface area (Å²) in [6, 6.07) is 10.4. The van der Waals surface area contributed by atoms with Crippen molar-refractivity contribution in [3.05, 3.63) is 35.9 Å². The van der Waals surface area contributed by atoms with Crippen LogP contribution in [0.2, 0.25) is 0 Å². The molecule has 3 aliphatic rings. The first-order valence-corrected chi connectivity index (χ1v) is 8.70. The summed E-state index contributed by atoms with van der Waals surface area (Å²) in [5.74, 6) is -0.613. The molecule has 1 aromatic carbocycles. The van der Waals surface area contributed by atoms with Crippen LogP contribution in [0.15, 0.2) is 30.3 Å². The molecule has 3 fully saturated rings. The third kappa shape index (κ3) is 2.82. The Morgan fingerprint density at radius 1 is 1.35 bits per heavy atom. The minimum atomic E-state index is -0.404. The lowest BCUT2D eigenvalue weighted by molar-refractivity contribution is -0.156. The van der Waals surface area contributed by atoms with Crippen LogP contribution in [0.4, 0.5) is 0 Å². The van der Waals surface area contributed by atoms with Crippen LogP contribution in [0.1, 0.15) is 25.7 Å². The second kappa shape index (κ2) is 6.16. The van der Waals surface area contributed by atoms with E-state index in [4.69, 9.17) is 13.3 Å². The fraction of sp³-hybridized carbons (Fsp3) is 0.588. The average Bonchev–Trinajstić information content (AvgIpc) is 3.31. The third-order valence-corrected chi connectivity index (χ3v) is 5.64. The van der Waals surface area contributed by atoms with Crippen LogP contribution >= 0.6 is 16.3 Å². The van der Waals surface area contributed by atoms with E-state index in [1.165, 1.54) is 0 Å². The molecule has 1 unspecified atom stereocenters. The molecule has 0 aromatic heterocycles. The Hall–Kier alpha value is -0.950. The van der Waals surface area contributed by atoms with Gasteiger partial charge in [-0.15, -0.1) is 0 Å². The predicted octanol–water partition coefficient (Wildman–Crippen LogP) is 2.36. The summed E-state index contributed by atoms with van der Waals surface area (Å²) < 4.78 is 16.6. The maximum Gasteiger partial charge on any atom is 1.00 e. The lowest BCUT2D eigenvalue weighted by Gasteiger charge is -2.38. The number of carbonyl (C=O) groups is 1. The predicted molar refractivity (Wildman–Crippen MR) is 88.3 cm³/mol. The van der Waals surface area contributed by atoms with E-state index in [0.29, 0.717) is 24.3 Å². The Morgan fingerprint density at radius 2 is 2.00 bits per heavy atom. The number of likely N-dealkylation sites (N-methyl/N-ethyl adjacent to an activating group) is 1. The van der Waals surface area contributed by atoms with E-state index in [2.05, 4.69) is 28.2 Å². The molecule has 0 saturated carbocycles. The summed E-state index contributed by atoms with van der Waals surface area (Å²) in [7, 11) is 2.15. The van der Waals surface area contributed by atoms with Gasteiger partial charge in [0.15, 0.2) is 0 Å². The van der Waals surface area contributed by atoms with E-state index < -0.39 is 5.92 Å². The number of halogens is 1. The van der Waals surface area contributed by atoms with Gasteiger partial charge in [0, 0.05) is 24.9 Å². The van der Waals surface area contributed by atoms with Crippen molar-refractivity contribution < 1.29 is 19.5 Å². The molecular weight excluding hydrogens is 362 g/mol. The zero-order valence-electron chi connectivity index (χ0n) is 13.9. The van der Waals surface area contributed by atoms with Crippen molar-refractivity contribution in [3.8, 4) is 0 Å². The van der Waals surface area contributed by atoms with E-state index >= 15 is 0 Å². The Balaban J connectivity index is 0.00000169. The highest BCUT2D eigenvalue weighted by molar-refractivity contribution is 9.06. The molecule has 3 saturated heterocycles. The van der Waals surface area contributed by atoms with Crippen LogP contribution in [0.3, 0.4) is 0 Å². The number of hydrogen-bond donors (Lipinski definition) is 0. The van der Waals surface area contributed by atoms with E-state index in [-0.39, 0.29) is 20.1 Å². The summed E-state index contributed by atoms with van der Waals surface area (Å²) in [6.45, 7) is 0.261. The van der Waals surface area contributed by atoms with E-state index in [0.717, 1.165) is 18.4 Å². The zero-order chi connectivity index (χ0) is 16.0. The van der Waals surface area contributed by atoms with Crippen LogP contribution in [-0.4, -0.2) is 54.9 Å². The van der Waals surface area contributed by atoms with Crippen LogP contribution < -0.4 is 0 Å². The lowest BCUT2D eigenvalue weighted by atomic mass is 9.97. The quantitative estimate of drug-likeness (QED) is 0.577. The highest BCUT2D eigenvalue weighted by Gasteiger charge is 2.62. The number of carbonyl (C=O) groups excluding carboxylic acids is 1. The molecule has 5 nitrogen and oxygen atoms in total. The Kier molecular flexibility index (Phi) is 4.17. The standard InChI is InChI=1S/C17H20BrNO4/c1-19-13-7-11(8-14(19)16-15(13)23-16)22-17(20)12(9-21-18)10-5-3-2-4-6-10/h2-6,11-16H,7-9H2,1H3/p+1/t11?,12-,13-,14+,15-,16+/m1/s1. The number of piperidine rings is 1. The number of hydrogen-bond acceptors (Lipinski definition) is 5. The normalized spacial score (nSPS) is 36.3. The van der Waals surface area contributed by atoms with Gasteiger partial charge >= 0.3 is 7.40 Å². The molecule has 3 aliphatic heterocycles. The van der Waals surface area contributed by atoms with Crippen molar-refractivity contribution in [1.29, 1.82) is 0 Å². The molecule has 1 aromatic rings. The molecule has 0 amide bonds. The molecule has 6 heteroatoms. The first-order valence-electron chi connectivity index (χ1n) is 8.05.